The van der Waals surface area contributed by atoms with Crippen LogP contribution in [0, 0.1) is 0 Å². The Labute approximate surface area is 269 Å². The first-order valence-corrected chi connectivity index (χ1v) is 15.7. The Bertz CT molecular complexity index is 1710. The van der Waals surface area contributed by atoms with Gasteiger partial charge in [-0.25, -0.2) is 4.68 Å². The molecule has 2 heterocycles. The summed E-state index contributed by atoms with van der Waals surface area (Å²) in [6.45, 7) is 0.152. The van der Waals surface area contributed by atoms with Crippen molar-refractivity contribution in [3.05, 3.63) is 114 Å². The number of aromatic nitrogens is 3. The van der Waals surface area contributed by atoms with E-state index in [1.54, 1.807) is 67.6 Å². The van der Waals surface area contributed by atoms with Gasteiger partial charge >= 0.3 is 0 Å². The first kappa shape index (κ1) is 30.8. The third-order valence-corrected chi connectivity index (χ3v) is 8.61. The normalized spacial score (nSPS) is 18.6. The monoisotopic (exact) mass is 618 g/mol. The summed E-state index contributed by atoms with van der Waals surface area (Å²) in [5.41, 5.74) is 3.06. The Hall–Kier alpha value is -5.18. The Morgan fingerprint density at radius 1 is 0.891 bits per heavy atom. The predicted octanol–water partition coefficient (Wildman–Crippen LogP) is 6.57. The number of methoxy groups -OCH3 is 2. The summed E-state index contributed by atoms with van der Waals surface area (Å²) in [5.74, 6) is 1.72. The molecule has 1 saturated heterocycles. The van der Waals surface area contributed by atoms with Crippen LogP contribution in [0.25, 0.3) is 12.2 Å². The molecule has 6 rings (SSSR count). The largest absolute Gasteiger partial charge is 0.497 e. The van der Waals surface area contributed by atoms with E-state index in [0.29, 0.717) is 28.5 Å². The van der Waals surface area contributed by atoms with E-state index in [0.717, 1.165) is 36.8 Å². The lowest BCUT2D eigenvalue weighted by Crippen LogP contribution is -2.64. The lowest BCUT2D eigenvalue weighted by Gasteiger charge is -2.50. The number of hydrogen-bond donors (Lipinski definition) is 0. The summed E-state index contributed by atoms with van der Waals surface area (Å²) in [4.78, 5) is 28.2. The molecule has 9 heteroatoms. The summed E-state index contributed by atoms with van der Waals surface area (Å²) < 4.78 is 18.4. The second-order valence-electron chi connectivity index (χ2n) is 11.6. The van der Waals surface area contributed by atoms with Crippen molar-refractivity contribution in [3.63, 3.8) is 0 Å². The second kappa shape index (κ2) is 14.3. The van der Waals surface area contributed by atoms with Crippen molar-refractivity contribution in [2.45, 2.75) is 56.8 Å². The van der Waals surface area contributed by atoms with Gasteiger partial charge in [-0.2, -0.15) is 0 Å². The maximum atomic E-state index is 13.5. The Balaban J connectivity index is 1.11. The van der Waals surface area contributed by atoms with E-state index in [9.17, 15) is 9.59 Å². The van der Waals surface area contributed by atoms with Gasteiger partial charge in [0.25, 0.3) is 5.91 Å². The summed E-state index contributed by atoms with van der Waals surface area (Å²) in [6.07, 6.45) is 14.9. The van der Waals surface area contributed by atoms with Crippen molar-refractivity contribution in [2.24, 2.45) is 0 Å². The molecule has 1 amide bonds. The minimum Gasteiger partial charge on any atom is -0.497 e. The van der Waals surface area contributed by atoms with Gasteiger partial charge in [-0.05, 0) is 66.4 Å². The molecular formula is C37H38N4O5. The fourth-order valence-corrected chi connectivity index (χ4v) is 6.14. The van der Waals surface area contributed by atoms with E-state index in [1.807, 2.05) is 29.2 Å². The quantitative estimate of drug-likeness (QED) is 0.101. The standard InChI is InChI=1S/C37H38N4O5/c1-44-31-18-16-28(17-19-31)33(42)21-14-27-15-22-34(35(23-27)45-2)46-25-29-24-40(39-38-29)36-32(20-13-26-9-5-3-6-10-26)41(37(36)43)30-11-7-4-8-12-30/h3,5-6,9-10,13-24,30,32,36H,4,7-8,11-12,25H2,1-2H3/b20-13+,21-14+. The summed E-state index contributed by atoms with van der Waals surface area (Å²) in [6, 6.07) is 22.3. The average Bonchev–Trinajstić information content (AvgIpc) is 3.56. The smallest absolute Gasteiger partial charge is 0.250 e. The molecular weight excluding hydrogens is 580 g/mol. The molecule has 2 fully saturated rings. The molecule has 1 aliphatic carbocycles. The molecule has 1 aromatic heterocycles. The fourth-order valence-electron chi connectivity index (χ4n) is 6.14. The van der Waals surface area contributed by atoms with Crippen LogP contribution in [0.4, 0.5) is 0 Å². The highest BCUT2D eigenvalue weighted by Gasteiger charge is 2.50. The van der Waals surface area contributed by atoms with Crippen molar-refractivity contribution < 1.29 is 23.8 Å². The number of β-lactam (4-membered cyclic amide) rings is 1. The van der Waals surface area contributed by atoms with Gasteiger partial charge in [0.05, 0.1) is 26.5 Å². The average molecular weight is 619 g/mol. The van der Waals surface area contributed by atoms with Gasteiger partial charge in [-0.3, -0.25) is 9.59 Å². The summed E-state index contributed by atoms with van der Waals surface area (Å²) in [7, 11) is 3.15. The SMILES string of the molecule is COc1ccc(C(=O)/C=C/c2ccc(OCc3cn(C4C(=O)N(C5CCCCC5)C4/C=C/c4ccccc4)nn3)c(OC)c2)cc1. The van der Waals surface area contributed by atoms with Crippen molar-refractivity contribution in [2.75, 3.05) is 14.2 Å². The highest BCUT2D eigenvalue weighted by molar-refractivity contribution is 6.06. The van der Waals surface area contributed by atoms with Gasteiger partial charge in [0.1, 0.15) is 18.1 Å². The van der Waals surface area contributed by atoms with Crippen molar-refractivity contribution in [3.8, 4) is 17.2 Å². The molecule has 2 aliphatic rings. The lowest BCUT2D eigenvalue weighted by molar-refractivity contribution is -0.157. The molecule has 9 nitrogen and oxygen atoms in total. The first-order valence-electron chi connectivity index (χ1n) is 15.7. The van der Waals surface area contributed by atoms with E-state index in [4.69, 9.17) is 14.2 Å². The number of nitrogens with zero attached hydrogens (tertiary/aromatic N) is 4. The van der Waals surface area contributed by atoms with Gasteiger partial charge in [0.2, 0.25) is 0 Å². The van der Waals surface area contributed by atoms with Crippen LogP contribution in [0.5, 0.6) is 17.2 Å². The number of amides is 1. The Morgan fingerprint density at radius 3 is 2.41 bits per heavy atom. The molecule has 0 N–H and O–H groups in total. The number of carbonyl (C=O) groups is 2. The van der Waals surface area contributed by atoms with E-state index < -0.39 is 6.04 Å². The minimum atomic E-state index is -0.440. The lowest BCUT2D eigenvalue weighted by atomic mass is 9.85. The summed E-state index contributed by atoms with van der Waals surface area (Å²) in [5, 5.41) is 8.66. The van der Waals surface area contributed by atoms with E-state index in [-0.39, 0.29) is 30.4 Å². The fraction of sp³-hybridized carbons (Fsp3) is 0.297. The van der Waals surface area contributed by atoms with Crippen LogP contribution >= 0.6 is 0 Å². The number of benzene rings is 3. The zero-order valence-corrected chi connectivity index (χ0v) is 26.1. The molecule has 1 saturated carbocycles. The third kappa shape index (κ3) is 6.88. The molecule has 4 aromatic rings. The number of hydrogen-bond acceptors (Lipinski definition) is 7. The predicted molar refractivity (Wildman–Crippen MR) is 176 cm³/mol. The van der Waals surface area contributed by atoms with Crippen LogP contribution in [-0.4, -0.2) is 57.9 Å². The number of rotatable bonds is 12. The Morgan fingerprint density at radius 2 is 1.67 bits per heavy atom. The highest BCUT2D eigenvalue weighted by Crippen LogP contribution is 2.38. The molecule has 0 spiro atoms. The zero-order chi connectivity index (χ0) is 31.9. The first-order chi connectivity index (χ1) is 22.5. The maximum absolute atomic E-state index is 13.5. The highest BCUT2D eigenvalue weighted by atomic mass is 16.5. The van der Waals surface area contributed by atoms with Crippen molar-refractivity contribution in [1.82, 2.24) is 19.9 Å². The number of ether oxygens (including phenoxy) is 3. The maximum Gasteiger partial charge on any atom is 0.250 e. The van der Waals surface area contributed by atoms with Gasteiger partial charge in [-0.1, -0.05) is 79.1 Å². The van der Waals surface area contributed by atoms with Crippen LogP contribution in [0.3, 0.4) is 0 Å². The summed E-state index contributed by atoms with van der Waals surface area (Å²) >= 11 is 0. The molecule has 1 aliphatic heterocycles. The molecule has 2 unspecified atom stereocenters. The van der Waals surface area contributed by atoms with Crippen LogP contribution in [0.15, 0.2) is 91.1 Å². The number of likely N-dealkylation sites (tertiary alicyclic amines) is 1. The molecule has 46 heavy (non-hydrogen) atoms. The van der Waals surface area contributed by atoms with Crippen molar-refractivity contribution >= 4 is 23.8 Å². The third-order valence-electron chi connectivity index (χ3n) is 8.61. The van der Waals surface area contributed by atoms with E-state index in [2.05, 4.69) is 34.6 Å². The van der Waals surface area contributed by atoms with Crippen LogP contribution in [0.1, 0.15) is 65.3 Å². The molecule has 0 bridgehead atoms. The van der Waals surface area contributed by atoms with Gasteiger partial charge in [0, 0.05) is 11.6 Å². The molecule has 0 radical (unpaired) electrons. The van der Waals surface area contributed by atoms with Gasteiger partial charge < -0.3 is 19.1 Å². The zero-order valence-electron chi connectivity index (χ0n) is 26.1. The van der Waals surface area contributed by atoms with E-state index in [1.165, 1.54) is 12.5 Å². The van der Waals surface area contributed by atoms with Crippen LogP contribution in [-0.2, 0) is 11.4 Å². The van der Waals surface area contributed by atoms with Crippen LogP contribution in [0.2, 0.25) is 0 Å². The van der Waals surface area contributed by atoms with Gasteiger partial charge in [0.15, 0.2) is 23.3 Å². The topological polar surface area (TPSA) is 95.8 Å². The minimum absolute atomic E-state index is 0.0859. The molecule has 2 atom stereocenters. The molecule has 236 valence electrons. The number of allylic oxidation sites excluding steroid dienone is 1. The number of ketones is 1. The molecule has 3 aromatic carbocycles. The van der Waals surface area contributed by atoms with E-state index >= 15 is 0 Å². The van der Waals surface area contributed by atoms with Crippen molar-refractivity contribution in [1.29, 1.82) is 0 Å². The Kier molecular flexibility index (Phi) is 9.57. The van der Waals surface area contributed by atoms with Gasteiger partial charge in [-0.15, -0.1) is 5.10 Å². The van der Waals surface area contributed by atoms with Crippen LogP contribution < -0.4 is 14.2 Å². The number of carbonyl (C=O) groups excluding carboxylic acids is 2. The second-order valence-corrected chi connectivity index (χ2v) is 11.6.